The lowest BCUT2D eigenvalue weighted by atomic mass is 10.1. The van der Waals surface area contributed by atoms with Crippen molar-refractivity contribution < 1.29 is 14.7 Å². The van der Waals surface area contributed by atoms with E-state index in [0.29, 0.717) is 19.6 Å². The molecule has 1 rings (SSSR count). The molecule has 0 aliphatic carbocycles. The van der Waals surface area contributed by atoms with Gasteiger partial charge in [0.2, 0.25) is 5.91 Å². The van der Waals surface area contributed by atoms with E-state index < -0.39 is 12.0 Å². The maximum Gasteiger partial charge on any atom is 0.320 e. The molecule has 1 atom stereocenters. The van der Waals surface area contributed by atoms with Crippen LogP contribution in [0.25, 0.3) is 0 Å². The molecule has 2 N–H and O–H groups in total. The Kier molecular flexibility index (Phi) is 6.37. The topological polar surface area (TPSA) is 69.6 Å². The predicted octanol–water partition coefficient (Wildman–Crippen LogP) is 1.71. The zero-order valence-corrected chi connectivity index (χ0v) is 13.1. The predicted molar refractivity (Wildman–Crippen MR) is 82.1 cm³/mol. The Labute approximate surface area is 126 Å². The fourth-order valence-electron chi connectivity index (χ4n) is 2.08. The van der Waals surface area contributed by atoms with Crippen LogP contribution in [0.5, 0.6) is 0 Å². The van der Waals surface area contributed by atoms with Crippen LogP contribution in [0, 0.1) is 13.8 Å². The molecule has 0 radical (unpaired) electrons. The van der Waals surface area contributed by atoms with Crippen molar-refractivity contribution in [1.82, 2.24) is 10.2 Å². The molecule has 0 aromatic heterocycles. The second kappa shape index (κ2) is 7.78. The summed E-state index contributed by atoms with van der Waals surface area (Å²) in [5, 5.41) is 11.9. The minimum atomic E-state index is -0.860. The molecule has 1 aromatic carbocycles. The van der Waals surface area contributed by atoms with Gasteiger partial charge < -0.3 is 10.4 Å². The number of rotatable bonds is 7. The normalized spacial score (nSPS) is 12.2. The Hall–Kier alpha value is -1.88. The van der Waals surface area contributed by atoms with Crippen LogP contribution in [0.15, 0.2) is 18.2 Å². The van der Waals surface area contributed by atoms with Gasteiger partial charge in [0.15, 0.2) is 0 Å². The van der Waals surface area contributed by atoms with Gasteiger partial charge in [-0.05, 0) is 37.5 Å². The van der Waals surface area contributed by atoms with Gasteiger partial charge in [-0.1, -0.05) is 18.2 Å². The number of hydrogen-bond acceptors (Lipinski definition) is 3. The highest BCUT2D eigenvalue weighted by Crippen LogP contribution is 2.13. The van der Waals surface area contributed by atoms with Crippen LogP contribution >= 0.6 is 0 Å². The first-order chi connectivity index (χ1) is 9.81. The van der Waals surface area contributed by atoms with E-state index in [4.69, 9.17) is 0 Å². The van der Waals surface area contributed by atoms with E-state index in [-0.39, 0.29) is 5.91 Å². The van der Waals surface area contributed by atoms with Gasteiger partial charge in [-0.3, -0.25) is 14.5 Å². The molecule has 0 heterocycles. The summed E-state index contributed by atoms with van der Waals surface area (Å²) in [4.78, 5) is 24.0. The van der Waals surface area contributed by atoms with Crippen molar-refractivity contribution in [3.63, 3.8) is 0 Å². The average Bonchev–Trinajstić information content (AvgIpc) is 2.40. The van der Waals surface area contributed by atoms with E-state index in [0.717, 1.165) is 5.56 Å². The van der Waals surface area contributed by atoms with Crippen LogP contribution in [0.2, 0.25) is 0 Å². The third-order valence-electron chi connectivity index (χ3n) is 3.64. The summed E-state index contributed by atoms with van der Waals surface area (Å²) in [5.74, 6) is -0.967. The number of amides is 1. The summed E-state index contributed by atoms with van der Waals surface area (Å²) < 4.78 is 0. The van der Waals surface area contributed by atoms with Gasteiger partial charge in [0.1, 0.15) is 6.04 Å². The van der Waals surface area contributed by atoms with Gasteiger partial charge in [0.25, 0.3) is 0 Å². The van der Waals surface area contributed by atoms with Gasteiger partial charge in [-0.25, -0.2) is 0 Å². The fraction of sp³-hybridized carbons (Fsp3) is 0.500. The molecule has 0 saturated heterocycles. The number of aryl methyl sites for hydroxylation is 2. The zero-order valence-electron chi connectivity index (χ0n) is 13.1. The molecule has 21 heavy (non-hydrogen) atoms. The maximum absolute atomic E-state index is 11.2. The third kappa shape index (κ3) is 5.55. The number of benzene rings is 1. The molecular formula is C16H24N2O3. The maximum atomic E-state index is 11.2. The lowest BCUT2D eigenvalue weighted by Gasteiger charge is -2.26. The van der Waals surface area contributed by atoms with Gasteiger partial charge in [-0.2, -0.15) is 0 Å². The number of carboxylic acids is 1. The van der Waals surface area contributed by atoms with Crippen molar-refractivity contribution >= 4 is 11.9 Å². The molecule has 0 saturated carbocycles. The summed E-state index contributed by atoms with van der Waals surface area (Å²) in [6, 6.07) is 5.54. The second-order valence-electron chi connectivity index (χ2n) is 5.39. The van der Waals surface area contributed by atoms with Gasteiger partial charge in [-0.15, -0.1) is 0 Å². The first kappa shape index (κ1) is 17.2. The molecular weight excluding hydrogens is 268 g/mol. The summed E-state index contributed by atoms with van der Waals surface area (Å²) in [6.07, 6.45) is 0. The van der Waals surface area contributed by atoms with Gasteiger partial charge in [0, 0.05) is 26.6 Å². The first-order valence-electron chi connectivity index (χ1n) is 7.08. The van der Waals surface area contributed by atoms with Crippen molar-refractivity contribution in [2.75, 3.05) is 13.1 Å². The summed E-state index contributed by atoms with van der Waals surface area (Å²) in [5.41, 5.74) is 3.49. The standard InChI is InChI=1S/C16H24N2O3/c1-11-5-6-15(9-12(11)2)10-18(13(3)16(20)21)8-7-17-14(4)19/h5-6,9,13H,7-8,10H2,1-4H3,(H,17,19)(H,20,21). The molecule has 0 aliphatic rings. The van der Waals surface area contributed by atoms with Gasteiger partial charge in [0.05, 0.1) is 0 Å². The van der Waals surface area contributed by atoms with E-state index in [9.17, 15) is 14.7 Å². The van der Waals surface area contributed by atoms with Crippen LogP contribution in [-0.4, -0.2) is 41.0 Å². The van der Waals surface area contributed by atoms with Crippen LogP contribution in [0.1, 0.15) is 30.5 Å². The number of nitrogens with zero attached hydrogens (tertiary/aromatic N) is 1. The molecule has 1 unspecified atom stereocenters. The second-order valence-corrected chi connectivity index (χ2v) is 5.39. The van der Waals surface area contributed by atoms with E-state index in [2.05, 4.69) is 11.4 Å². The minimum Gasteiger partial charge on any atom is -0.480 e. The molecule has 0 spiro atoms. The van der Waals surface area contributed by atoms with Crippen molar-refractivity contribution in [2.45, 2.75) is 40.3 Å². The fourth-order valence-corrected chi connectivity index (χ4v) is 2.08. The van der Waals surface area contributed by atoms with Crippen LogP contribution in [0.4, 0.5) is 0 Å². The Bertz CT molecular complexity index is 514. The molecule has 0 bridgehead atoms. The highest BCUT2D eigenvalue weighted by molar-refractivity contribution is 5.73. The minimum absolute atomic E-state index is 0.107. The Morgan fingerprint density at radius 3 is 2.48 bits per heavy atom. The molecule has 1 aromatic rings. The third-order valence-corrected chi connectivity index (χ3v) is 3.64. The number of carboxylic acid groups (broad SMARTS) is 1. The Morgan fingerprint density at radius 2 is 1.95 bits per heavy atom. The van der Waals surface area contributed by atoms with E-state index >= 15 is 0 Å². The van der Waals surface area contributed by atoms with Crippen molar-refractivity contribution in [3.05, 3.63) is 34.9 Å². The number of aliphatic carboxylic acids is 1. The smallest absolute Gasteiger partial charge is 0.320 e. The van der Waals surface area contributed by atoms with Crippen molar-refractivity contribution in [3.8, 4) is 0 Å². The van der Waals surface area contributed by atoms with Crippen LogP contribution < -0.4 is 5.32 Å². The quantitative estimate of drug-likeness (QED) is 0.803. The number of nitrogens with one attached hydrogen (secondary N) is 1. The molecule has 5 heteroatoms. The van der Waals surface area contributed by atoms with Crippen LogP contribution in [0.3, 0.4) is 0 Å². The van der Waals surface area contributed by atoms with E-state index in [1.807, 2.05) is 30.9 Å². The highest BCUT2D eigenvalue weighted by Gasteiger charge is 2.20. The largest absolute Gasteiger partial charge is 0.480 e. The number of hydrogen-bond donors (Lipinski definition) is 2. The lowest BCUT2D eigenvalue weighted by Crippen LogP contribution is -2.42. The summed E-state index contributed by atoms with van der Waals surface area (Å²) >= 11 is 0. The molecule has 5 nitrogen and oxygen atoms in total. The van der Waals surface area contributed by atoms with Crippen LogP contribution in [-0.2, 0) is 16.1 Å². The molecule has 0 aliphatic heterocycles. The molecule has 116 valence electrons. The average molecular weight is 292 g/mol. The zero-order chi connectivity index (χ0) is 16.0. The SMILES string of the molecule is CC(=O)NCCN(Cc1ccc(C)c(C)c1)C(C)C(=O)O. The van der Waals surface area contributed by atoms with Crippen molar-refractivity contribution in [2.24, 2.45) is 0 Å². The highest BCUT2D eigenvalue weighted by atomic mass is 16.4. The Morgan fingerprint density at radius 1 is 1.29 bits per heavy atom. The van der Waals surface area contributed by atoms with E-state index in [1.54, 1.807) is 6.92 Å². The summed E-state index contributed by atoms with van der Waals surface area (Å²) in [7, 11) is 0. The molecule has 0 fully saturated rings. The lowest BCUT2D eigenvalue weighted by molar-refractivity contribution is -0.142. The molecule has 1 amide bonds. The van der Waals surface area contributed by atoms with E-state index in [1.165, 1.54) is 18.1 Å². The monoisotopic (exact) mass is 292 g/mol. The number of carbonyl (C=O) groups excluding carboxylic acids is 1. The first-order valence-corrected chi connectivity index (χ1v) is 7.08. The number of carbonyl (C=O) groups is 2. The van der Waals surface area contributed by atoms with Crippen molar-refractivity contribution in [1.29, 1.82) is 0 Å². The summed E-state index contributed by atoms with van der Waals surface area (Å²) in [6.45, 7) is 8.70. The van der Waals surface area contributed by atoms with Gasteiger partial charge >= 0.3 is 5.97 Å². The Balaban J connectivity index is 2.77.